The molecule has 1 N–H and O–H groups in total. The molecule has 0 aliphatic carbocycles. The molecule has 5 nitrogen and oxygen atoms in total. The van der Waals surface area contributed by atoms with Crippen molar-refractivity contribution in [3.05, 3.63) is 51.1 Å². The van der Waals surface area contributed by atoms with Crippen molar-refractivity contribution in [2.24, 2.45) is 0 Å². The summed E-state index contributed by atoms with van der Waals surface area (Å²) in [5, 5.41) is 23.5. The Labute approximate surface area is 136 Å². The summed E-state index contributed by atoms with van der Waals surface area (Å²) in [6.45, 7) is 5.29. The molecular weight excluding hydrogens is 346 g/mol. The van der Waals surface area contributed by atoms with Crippen LogP contribution in [0.5, 0.6) is 5.88 Å². The SMILES string of the molecule is CC(C)=CC(=O)c1c(C)nn(-c2ccc(C#N)c(Br)c2)c1O. The highest BCUT2D eigenvalue weighted by atomic mass is 79.9. The van der Waals surface area contributed by atoms with E-state index in [9.17, 15) is 9.90 Å². The Kier molecular flexibility index (Phi) is 4.48. The molecule has 2 rings (SSSR count). The molecule has 0 spiro atoms. The number of aromatic nitrogens is 2. The van der Waals surface area contributed by atoms with Crippen LogP contribution in [-0.2, 0) is 0 Å². The minimum atomic E-state index is -0.283. The third-order valence-electron chi connectivity index (χ3n) is 3.02. The Morgan fingerprint density at radius 3 is 2.68 bits per heavy atom. The number of benzene rings is 1. The lowest BCUT2D eigenvalue weighted by Gasteiger charge is -2.05. The van der Waals surface area contributed by atoms with Gasteiger partial charge in [0, 0.05) is 4.47 Å². The molecule has 6 heteroatoms. The fraction of sp³-hybridized carbons (Fsp3) is 0.188. The molecule has 0 saturated heterocycles. The van der Waals surface area contributed by atoms with Gasteiger partial charge in [-0.1, -0.05) is 5.57 Å². The van der Waals surface area contributed by atoms with Gasteiger partial charge in [-0.25, -0.2) is 4.68 Å². The largest absolute Gasteiger partial charge is 0.493 e. The van der Waals surface area contributed by atoms with Crippen molar-refractivity contribution in [3.63, 3.8) is 0 Å². The van der Waals surface area contributed by atoms with E-state index in [4.69, 9.17) is 5.26 Å². The zero-order valence-electron chi connectivity index (χ0n) is 12.4. The third kappa shape index (κ3) is 2.95. The van der Waals surface area contributed by atoms with Crippen molar-refractivity contribution in [2.75, 3.05) is 0 Å². The van der Waals surface area contributed by atoms with E-state index in [1.54, 1.807) is 25.1 Å². The molecule has 0 amide bonds. The molecule has 0 atom stereocenters. The number of nitriles is 1. The number of hydrogen-bond acceptors (Lipinski definition) is 4. The predicted octanol–water partition coefficient (Wildman–Crippen LogP) is 3.67. The number of ketones is 1. The van der Waals surface area contributed by atoms with Crippen molar-refractivity contribution in [2.45, 2.75) is 20.8 Å². The van der Waals surface area contributed by atoms with Crippen LogP contribution in [0.4, 0.5) is 0 Å². The smallest absolute Gasteiger partial charge is 0.225 e. The highest BCUT2D eigenvalue weighted by Crippen LogP contribution is 2.28. The second kappa shape index (κ2) is 6.16. The summed E-state index contributed by atoms with van der Waals surface area (Å²) in [4.78, 5) is 12.2. The van der Waals surface area contributed by atoms with Gasteiger partial charge in [0.1, 0.15) is 11.6 Å². The van der Waals surface area contributed by atoms with Gasteiger partial charge in [-0.2, -0.15) is 10.4 Å². The predicted molar refractivity (Wildman–Crippen MR) is 86.1 cm³/mol. The average molecular weight is 360 g/mol. The molecule has 22 heavy (non-hydrogen) atoms. The Hall–Kier alpha value is -2.39. The molecule has 0 aliphatic heterocycles. The average Bonchev–Trinajstić information content (AvgIpc) is 2.73. The maximum absolute atomic E-state index is 12.2. The van der Waals surface area contributed by atoms with Gasteiger partial charge < -0.3 is 5.11 Å². The van der Waals surface area contributed by atoms with Crippen LogP contribution in [0.2, 0.25) is 0 Å². The molecular formula is C16H14BrN3O2. The van der Waals surface area contributed by atoms with Gasteiger partial charge in [0.25, 0.3) is 0 Å². The number of halogens is 1. The van der Waals surface area contributed by atoms with Gasteiger partial charge in [-0.05, 0) is 61.0 Å². The second-order valence-corrected chi connectivity index (χ2v) is 5.91. The molecule has 0 saturated carbocycles. The van der Waals surface area contributed by atoms with Crippen LogP contribution in [0.25, 0.3) is 5.69 Å². The minimum Gasteiger partial charge on any atom is -0.493 e. The molecule has 112 valence electrons. The van der Waals surface area contributed by atoms with Crippen LogP contribution in [0.15, 0.2) is 34.3 Å². The number of aromatic hydroxyl groups is 1. The summed E-state index contributed by atoms with van der Waals surface area (Å²) in [5.41, 5.74) is 2.51. The number of carbonyl (C=O) groups is 1. The summed E-state index contributed by atoms with van der Waals surface area (Å²) in [6.07, 6.45) is 1.46. The van der Waals surface area contributed by atoms with Gasteiger partial charge in [-0.15, -0.1) is 0 Å². The van der Waals surface area contributed by atoms with Crippen LogP contribution in [0, 0.1) is 18.3 Å². The van der Waals surface area contributed by atoms with E-state index in [1.165, 1.54) is 10.8 Å². The lowest BCUT2D eigenvalue weighted by molar-refractivity contribution is 0.104. The normalized spacial score (nSPS) is 10.1. The van der Waals surface area contributed by atoms with E-state index in [0.717, 1.165) is 5.57 Å². The molecule has 0 bridgehead atoms. The molecule has 0 radical (unpaired) electrons. The third-order valence-corrected chi connectivity index (χ3v) is 3.68. The van der Waals surface area contributed by atoms with Crippen LogP contribution in [0.1, 0.15) is 35.5 Å². The molecule has 1 aromatic carbocycles. The Balaban J connectivity index is 2.56. The van der Waals surface area contributed by atoms with Gasteiger partial charge in [-0.3, -0.25) is 4.79 Å². The van der Waals surface area contributed by atoms with Gasteiger partial charge >= 0.3 is 0 Å². The first-order valence-corrected chi connectivity index (χ1v) is 7.32. The number of nitrogens with zero attached hydrogens (tertiary/aromatic N) is 3. The van der Waals surface area contributed by atoms with E-state index in [1.807, 2.05) is 19.9 Å². The minimum absolute atomic E-state index is 0.182. The number of allylic oxidation sites excluding steroid dienone is 2. The maximum Gasteiger partial charge on any atom is 0.225 e. The number of carbonyl (C=O) groups excluding carboxylic acids is 1. The van der Waals surface area contributed by atoms with E-state index in [2.05, 4.69) is 21.0 Å². The quantitative estimate of drug-likeness (QED) is 0.669. The highest BCUT2D eigenvalue weighted by molar-refractivity contribution is 9.10. The number of aryl methyl sites for hydroxylation is 1. The number of rotatable bonds is 3. The molecule has 1 aromatic heterocycles. The van der Waals surface area contributed by atoms with E-state index < -0.39 is 0 Å². The first-order valence-electron chi connectivity index (χ1n) is 6.53. The van der Waals surface area contributed by atoms with Crippen LogP contribution >= 0.6 is 15.9 Å². The summed E-state index contributed by atoms with van der Waals surface area (Å²) in [5.74, 6) is -0.495. The second-order valence-electron chi connectivity index (χ2n) is 5.06. The van der Waals surface area contributed by atoms with Crippen molar-refractivity contribution in [1.82, 2.24) is 9.78 Å². The molecule has 0 aliphatic rings. The van der Waals surface area contributed by atoms with Crippen LogP contribution < -0.4 is 0 Å². The summed E-state index contributed by atoms with van der Waals surface area (Å²) in [6, 6.07) is 6.99. The van der Waals surface area contributed by atoms with Crippen LogP contribution in [-0.4, -0.2) is 20.7 Å². The standard InChI is InChI=1S/C16H14BrN3O2/c1-9(2)6-14(21)15-10(3)19-20(16(15)22)12-5-4-11(8-18)13(17)7-12/h4-7,22H,1-3H3. The van der Waals surface area contributed by atoms with Gasteiger partial charge in [0.15, 0.2) is 5.78 Å². The fourth-order valence-electron chi connectivity index (χ4n) is 2.04. The lowest BCUT2D eigenvalue weighted by atomic mass is 10.1. The first-order chi connectivity index (χ1) is 10.3. The summed E-state index contributed by atoms with van der Waals surface area (Å²) in [7, 11) is 0. The van der Waals surface area contributed by atoms with Crippen molar-refractivity contribution >= 4 is 21.7 Å². The Bertz CT molecular complexity index is 825. The molecule has 0 fully saturated rings. The van der Waals surface area contributed by atoms with E-state index in [-0.39, 0.29) is 17.2 Å². The van der Waals surface area contributed by atoms with Crippen LogP contribution in [0.3, 0.4) is 0 Å². The van der Waals surface area contributed by atoms with E-state index in [0.29, 0.717) is 21.4 Å². The lowest BCUT2D eigenvalue weighted by Crippen LogP contribution is -1.98. The molecule has 0 unspecified atom stereocenters. The van der Waals surface area contributed by atoms with Crippen molar-refractivity contribution in [1.29, 1.82) is 5.26 Å². The maximum atomic E-state index is 12.2. The number of hydrogen-bond donors (Lipinski definition) is 1. The van der Waals surface area contributed by atoms with E-state index >= 15 is 0 Å². The Morgan fingerprint density at radius 1 is 1.45 bits per heavy atom. The zero-order valence-corrected chi connectivity index (χ0v) is 14.0. The van der Waals surface area contributed by atoms with Gasteiger partial charge in [0.05, 0.1) is 16.9 Å². The highest BCUT2D eigenvalue weighted by Gasteiger charge is 2.20. The van der Waals surface area contributed by atoms with Gasteiger partial charge in [0.2, 0.25) is 5.88 Å². The van der Waals surface area contributed by atoms with Crippen molar-refractivity contribution in [3.8, 4) is 17.6 Å². The molecule has 2 aromatic rings. The fourth-order valence-corrected chi connectivity index (χ4v) is 2.50. The molecule has 1 heterocycles. The summed E-state index contributed by atoms with van der Waals surface area (Å²) >= 11 is 3.29. The van der Waals surface area contributed by atoms with Crippen molar-refractivity contribution < 1.29 is 9.90 Å². The first kappa shape index (κ1) is 16.0. The monoisotopic (exact) mass is 359 g/mol. The summed E-state index contributed by atoms with van der Waals surface area (Å²) < 4.78 is 1.88. The zero-order chi connectivity index (χ0) is 16.4. The Morgan fingerprint density at radius 2 is 2.14 bits per heavy atom. The topological polar surface area (TPSA) is 78.9 Å².